The van der Waals surface area contributed by atoms with Gasteiger partial charge in [-0.2, -0.15) is 0 Å². The molecule has 0 nitrogen and oxygen atoms in total. The summed E-state index contributed by atoms with van der Waals surface area (Å²) in [5.74, 6) is 0. The van der Waals surface area contributed by atoms with Crippen LogP contribution in [0.5, 0.6) is 0 Å². The van der Waals surface area contributed by atoms with Crippen LogP contribution >= 0.6 is 48.0 Å². The fourth-order valence-electron chi connectivity index (χ4n) is 0. The minimum atomic E-state index is 0. The number of hydrogen-bond donors (Lipinski definition) is 0. The van der Waals surface area contributed by atoms with Crippen LogP contribution in [0.4, 0.5) is 0 Å². The van der Waals surface area contributed by atoms with Gasteiger partial charge in [0.05, 0.1) is 0 Å². The third-order valence-corrected chi connectivity index (χ3v) is 0. The smallest absolute Gasteiger partial charge is 1.00 e. The van der Waals surface area contributed by atoms with Crippen LogP contribution in [0.25, 0.3) is 0 Å². The van der Waals surface area contributed by atoms with E-state index < -0.39 is 0 Å². The molecule has 0 atom stereocenters. The molecule has 25 valence electrons. The Balaban J connectivity index is 0. The average molecular weight is 416 g/mol. The molecular formula is H3EuI2Li. The zero-order valence-electron chi connectivity index (χ0n) is 3.19. The summed E-state index contributed by atoms with van der Waals surface area (Å²) in [7, 11) is 0. The molecule has 0 aromatic rings. The van der Waals surface area contributed by atoms with Crippen LogP contribution in [0, 0.1) is 49.4 Å². The molecular weight excluding hydrogens is 413 g/mol. The third kappa shape index (κ3) is 9.17. The Morgan fingerprint density at radius 1 is 1.00 bits per heavy atom. The molecule has 0 heterocycles. The molecule has 0 rings (SSSR count). The number of halogens is 2. The molecule has 0 saturated carbocycles. The molecule has 0 amide bonds. The Morgan fingerprint density at radius 2 is 1.00 bits per heavy atom. The molecule has 4 heavy (non-hydrogen) atoms. The Morgan fingerprint density at radius 3 is 1.00 bits per heavy atom. The molecule has 0 aromatic heterocycles. The maximum Gasteiger partial charge on any atom is 1.00 e. The van der Waals surface area contributed by atoms with E-state index >= 15 is 0 Å². The van der Waals surface area contributed by atoms with Gasteiger partial charge in [0, 0.05) is 49.4 Å². The zero-order chi connectivity index (χ0) is 0. The normalized spacial score (nSPS) is 0. The summed E-state index contributed by atoms with van der Waals surface area (Å²) in [6.45, 7) is 0. The van der Waals surface area contributed by atoms with Crippen molar-refractivity contribution in [2.24, 2.45) is 0 Å². The van der Waals surface area contributed by atoms with E-state index in [-0.39, 0.29) is 118 Å². The standard InChI is InChI=1S/Eu.2HI.Li.H/h;2*1H;;/q;;;+1;-1. The third-order valence-electron chi connectivity index (χ3n) is 0. The van der Waals surface area contributed by atoms with Gasteiger partial charge in [-0.05, 0) is 0 Å². The van der Waals surface area contributed by atoms with E-state index in [1.54, 1.807) is 0 Å². The SMILES string of the molecule is I.I.[Eu].[H-].[Li+]. The maximum atomic E-state index is 0. The maximum absolute atomic E-state index is 0. The molecule has 0 bridgehead atoms. The van der Waals surface area contributed by atoms with E-state index in [4.69, 9.17) is 0 Å². The van der Waals surface area contributed by atoms with Gasteiger partial charge in [-0.1, -0.05) is 0 Å². The summed E-state index contributed by atoms with van der Waals surface area (Å²) < 4.78 is 0. The first-order valence-electron chi connectivity index (χ1n) is 0. The van der Waals surface area contributed by atoms with Crippen LogP contribution in [-0.4, -0.2) is 0 Å². The van der Waals surface area contributed by atoms with E-state index in [2.05, 4.69) is 0 Å². The molecule has 0 spiro atoms. The molecule has 0 aromatic carbocycles. The van der Waals surface area contributed by atoms with E-state index in [0.717, 1.165) is 0 Å². The van der Waals surface area contributed by atoms with Crippen LogP contribution in [-0.2, 0) is 0 Å². The largest absolute Gasteiger partial charge is 1.00 e. The first kappa shape index (κ1) is 25.4. The first-order valence-corrected chi connectivity index (χ1v) is 0. The minimum Gasteiger partial charge on any atom is -1.00 e. The summed E-state index contributed by atoms with van der Waals surface area (Å²) in [5.41, 5.74) is 0. The van der Waals surface area contributed by atoms with Gasteiger partial charge in [0.2, 0.25) is 0 Å². The molecule has 0 aliphatic rings. The van der Waals surface area contributed by atoms with Crippen molar-refractivity contribution in [2.45, 2.75) is 0 Å². The van der Waals surface area contributed by atoms with Gasteiger partial charge in [-0.25, -0.2) is 0 Å². The molecule has 4 heteroatoms. The second kappa shape index (κ2) is 15.9. The quantitative estimate of drug-likeness (QED) is 0.329. The Hall–Kier alpha value is 3.64. The van der Waals surface area contributed by atoms with Crippen molar-refractivity contribution in [1.82, 2.24) is 0 Å². The second-order valence-corrected chi connectivity index (χ2v) is 0. The van der Waals surface area contributed by atoms with Crippen molar-refractivity contribution in [3.05, 3.63) is 0 Å². The average Bonchev–Trinajstić information content (AvgIpc) is 0. The Labute approximate surface area is 114 Å². The van der Waals surface area contributed by atoms with Crippen LogP contribution in [0.15, 0.2) is 0 Å². The van der Waals surface area contributed by atoms with Gasteiger partial charge in [0.1, 0.15) is 0 Å². The first-order chi connectivity index (χ1) is 0. The molecule has 0 unspecified atom stereocenters. The van der Waals surface area contributed by atoms with Crippen LogP contribution < -0.4 is 18.9 Å². The number of rotatable bonds is 0. The van der Waals surface area contributed by atoms with Crippen molar-refractivity contribution in [3.63, 3.8) is 0 Å². The van der Waals surface area contributed by atoms with Crippen molar-refractivity contribution < 1.29 is 69.7 Å². The fourth-order valence-corrected chi connectivity index (χ4v) is 0. The molecule has 0 saturated heterocycles. The van der Waals surface area contributed by atoms with Crippen molar-refractivity contribution in [2.75, 3.05) is 0 Å². The summed E-state index contributed by atoms with van der Waals surface area (Å²) in [4.78, 5) is 0. The fraction of sp³-hybridized carbons (Fsp3) is 0. The zero-order valence-corrected chi connectivity index (χ0v) is 9.28. The summed E-state index contributed by atoms with van der Waals surface area (Å²) >= 11 is 0. The van der Waals surface area contributed by atoms with Crippen LogP contribution in [0.3, 0.4) is 0 Å². The van der Waals surface area contributed by atoms with Gasteiger partial charge < -0.3 is 1.43 Å². The minimum absolute atomic E-state index is 0. The predicted octanol–water partition coefficient (Wildman–Crippen LogP) is -1.65. The van der Waals surface area contributed by atoms with Gasteiger partial charge in [-0.15, -0.1) is 48.0 Å². The van der Waals surface area contributed by atoms with E-state index in [9.17, 15) is 0 Å². The van der Waals surface area contributed by atoms with E-state index in [1.165, 1.54) is 0 Å². The van der Waals surface area contributed by atoms with Crippen molar-refractivity contribution >= 4 is 48.0 Å². The monoisotopic (exact) mass is 417 g/mol. The molecule has 1 radical (unpaired) electrons. The summed E-state index contributed by atoms with van der Waals surface area (Å²) in [6, 6.07) is 0. The van der Waals surface area contributed by atoms with Gasteiger partial charge in [-0.3, -0.25) is 0 Å². The van der Waals surface area contributed by atoms with Gasteiger partial charge >= 0.3 is 18.9 Å². The second-order valence-electron chi connectivity index (χ2n) is 0. The summed E-state index contributed by atoms with van der Waals surface area (Å²) in [5, 5.41) is 0. The van der Waals surface area contributed by atoms with E-state index in [0.29, 0.717) is 0 Å². The molecule has 0 aliphatic heterocycles. The van der Waals surface area contributed by atoms with Gasteiger partial charge in [0.15, 0.2) is 0 Å². The molecule has 0 N–H and O–H groups in total. The Bertz CT molecular complexity index is 9.61. The number of hydrogen-bond acceptors (Lipinski definition) is 0. The Kier molecular flexibility index (Phi) is 101. The van der Waals surface area contributed by atoms with Crippen molar-refractivity contribution in [3.8, 4) is 0 Å². The van der Waals surface area contributed by atoms with Crippen LogP contribution in [0.1, 0.15) is 1.43 Å². The molecule has 0 aliphatic carbocycles. The van der Waals surface area contributed by atoms with E-state index in [1.807, 2.05) is 0 Å². The van der Waals surface area contributed by atoms with Gasteiger partial charge in [0.25, 0.3) is 0 Å². The molecule has 0 fully saturated rings. The summed E-state index contributed by atoms with van der Waals surface area (Å²) in [6.07, 6.45) is 0. The predicted molar refractivity (Wildman–Crippen MR) is 31.9 cm³/mol. The topological polar surface area (TPSA) is 0 Å². The van der Waals surface area contributed by atoms with Crippen molar-refractivity contribution in [1.29, 1.82) is 0 Å². The van der Waals surface area contributed by atoms with Crippen LogP contribution in [0.2, 0.25) is 0 Å².